The molecule has 2 N–H and O–H groups in total. The van der Waals surface area contributed by atoms with Crippen LogP contribution in [0.3, 0.4) is 0 Å². The van der Waals surface area contributed by atoms with Crippen LogP contribution in [0.5, 0.6) is 5.75 Å². The molecule has 0 aliphatic carbocycles. The van der Waals surface area contributed by atoms with Gasteiger partial charge >= 0.3 is 0 Å². The van der Waals surface area contributed by atoms with Gasteiger partial charge in [0.1, 0.15) is 12.0 Å². The van der Waals surface area contributed by atoms with Crippen molar-refractivity contribution in [3.8, 4) is 5.75 Å². The zero-order valence-electron chi connectivity index (χ0n) is 8.31. The molecule has 0 unspecified atom stereocenters. The predicted molar refractivity (Wildman–Crippen MR) is 59.1 cm³/mol. The molecule has 2 heterocycles. The molecule has 3 heteroatoms. The maximum Gasteiger partial charge on any atom is 0.133 e. The second-order valence-electron chi connectivity index (χ2n) is 3.81. The van der Waals surface area contributed by atoms with Gasteiger partial charge in [-0.25, -0.2) is 0 Å². The number of allylic oxidation sites excluding steroid dienone is 1. The first kappa shape index (κ1) is 8.41. The van der Waals surface area contributed by atoms with Crippen molar-refractivity contribution in [2.24, 2.45) is 0 Å². The number of nitrogens with zero attached hydrogens (tertiary/aromatic N) is 1. The number of rotatable bonds is 0. The minimum absolute atomic E-state index is 0.741. The van der Waals surface area contributed by atoms with Gasteiger partial charge in [0.25, 0.3) is 0 Å². The fourth-order valence-corrected chi connectivity index (χ4v) is 1.92. The average Bonchev–Trinajstić information content (AvgIpc) is 2.59. The van der Waals surface area contributed by atoms with E-state index in [2.05, 4.69) is 17.1 Å². The number of anilines is 1. The van der Waals surface area contributed by atoms with Crippen molar-refractivity contribution in [3.63, 3.8) is 0 Å². The maximum absolute atomic E-state index is 5.72. The Balaban J connectivity index is 2.03. The number of ether oxygens (including phenoxy) is 1. The molecule has 0 radical (unpaired) electrons. The molecule has 3 nitrogen and oxygen atoms in total. The Morgan fingerprint density at radius 3 is 3.20 bits per heavy atom. The number of hydrogen-bond donors (Lipinski definition) is 1. The smallest absolute Gasteiger partial charge is 0.133 e. The molecule has 3 rings (SSSR count). The van der Waals surface area contributed by atoms with Gasteiger partial charge in [0.2, 0.25) is 0 Å². The molecular weight excluding hydrogens is 188 g/mol. The van der Waals surface area contributed by atoms with Crippen molar-refractivity contribution < 1.29 is 4.74 Å². The summed E-state index contributed by atoms with van der Waals surface area (Å²) in [5.74, 6) is 0.866. The second-order valence-corrected chi connectivity index (χ2v) is 3.81. The van der Waals surface area contributed by atoms with Gasteiger partial charge in [-0.1, -0.05) is 12.1 Å². The molecule has 0 amide bonds. The van der Waals surface area contributed by atoms with E-state index in [9.17, 15) is 0 Å². The number of hydrogen-bond acceptors (Lipinski definition) is 3. The highest BCUT2D eigenvalue weighted by Crippen LogP contribution is 2.29. The van der Waals surface area contributed by atoms with Crippen LogP contribution in [0.1, 0.15) is 5.56 Å². The fourth-order valence-electron chi connectivity index (χ4n) is 1.92. The molecule has 2 aliphatic rings. The van der Waals surface area contributed by atoms with Crippen molar-refractivity contribution >= 4 is 5.69 Å². The average molecular weight is 200 g/mol. The topological polar surface area (TPSA) is 38.5 Å². The first-order chi connectivity index (χ1) is 7.33. The van der Waals surface area contributed by atoms with E-state index < -0.39 is 0 Å². The third-order valence-electron chi connectivity index (χ3n) is 2.74. The van der Waals surface area contributed by atoms with Crippen molar-refractivity contribution in [2.45, 2.75) is 6.54 Å². The molecule has 2 aliphatic heterocycles. The van der Waals surface area contributed by atoms with Crippen LogP contribution in [-0.2, 0) is 6.54 Å². The Morgan fingerprint density at radius 2 is 2.27 bits per heavy atom. The molecule has 0 fully saturated rings. The lowest BCUT2D eigenvalue weighted by Gasteiger charge is -2.17. The molecule has 1 aromatic rings. The van der Waals surface area contributed by atoms with Crippen molar-refractivity contribution in [1.29, 1.82) is 0 Å². The lowest BCUT2D eigenvalue weighted by atomic mass is 10.1. The van der Waals surface area contributed by atoms with E-state index in [4.69, 9.17) is 10.5 Å². The molecule has 0 atom stereocenters. The van der Waals surface area contributed by atoms with Gasteiger partial charge in [0.05, 0.1) is 5.70 Å². The molecule has 0 bridgehead atoms. The monoisotopic (exact) mass is 200 g/mol. The second kappa shape index (κ2) is 3.05. The summed E-state index contributed by atoms with van der Waals surface area (Å²) < 4.78 is 5.61. The Labute approximate surface area is 88.4 Å². The highest BCUT2D eigenvalue weighted by Gasteiger charge is 2.18. The lowest BCUT2D eigenvalue weighted by Crippen LogP contribution is -2.16. The summed E-state index contributed by atoms with van der Waals surface area (Å²) in [7, 11) is 0. The fraction of sp³-hybridized carbons (Fsp3) is 0.167. The summed E-state index contributed by atoms with van der Waals surface area (Å²) in [5.41, 5.74) is 8.77. The van der Waals surface area contributed by atoms with Gasteiger partial charge in [0, 0.05) is 30.4 Å². The molecule has 1 aromatic carbocycles. The highest BCUT2D eigenvalue weighted by atomic mass is 16.5. The van der Waals surface area contributed by atoms with Gasteiger partial charge in [-0.05, 0) is 12.1 Å². The van der Waals surface area contributed by atoms with E-state index in [1.54, 1.807) is 6.26 Å². The van der Waals surface area contributed by atoms with Crippen LogP contribution in [0.25, 0.3) is 0 Å². The van der Waals surface area contributed by atoms with Crippen LogP contribution in [0, 0.1) is 0 Å². The predicted octanol–water partition coefficient (Wildman–Crippen LogP) is 1.87. The summed E-state index contributed by atoms with van der Waals surface area (Å²) in [6.07, 6.45) is 6.00. The summed E-state index contributed by atoms with van der Waals surface area (Å²) in [5, 5.41) is 0. The molecular formula is C12H12N2O. The largest absolute Gasteiger partial charge is 0.462 e. The van der Waals surface area contributed by atoms with Crippen LogP contribution in [0.2, 0.25) is 0 Å². The summed E-state index contributed by atoms with van der Waals surface area (Å²) >= 11 is 0. The number of nitrogen functional groups attached to an aromatic ring is 1. The van der Waals surface area contributed by atoms with Crippen molar-refractivity contribution in [1.82, 2.24) is 4.90 Å². The molecule has 15 heavy (non-hydrogen) atoms. The molecule has 76 valence electrons. The van der Waals surface area contributed by atoms with E-state index in [1.165, 1.54) is 5.56 Å². The number of nitrogens with two attached hydrogens (primary N) is 1. The lowest BCUT2D eigenvalue weighted by molar-refractivity contribution is 0.399. The third-order valence-corrected chi connectivity index (χ3v) is 2.74. The molecule has 0 spiro atoms. The van der Waals surface area contributed by atoms with Crippen molar-refractivity contribution in [2.75, 3.05) is 12.3 Å². The van der Waals surface area contributed by atoms with Gasteiger partial charge in [-0.15, -0.1) is 0 Å². The van der Waals surface area contributed by atoms with Crippen LogP contribution in [0.4, 0.5) is 5.69 Å². The first-order valence-electron chi connectivity index (χ1n) is 5.00. The minimum Gasteiger partial charge on any atom is -0.462 e. The Hall–Kier alpha value is -1.90. The van der Waals surface area contributed by atoms with E-state index in [1.807, 2.05) is 18.2 Å². The van der Waals surface area contributed by atoms with Gasteiger partial charge in [-0.2, -0.15) is 0 Å². The van der Waals surface area contributed by atoms with Gasteiger partial charge in [-0.3, -0.25) is 0 Å². The Kier molecular flexibility index (Phi) is 1.71. The normalized spacial score (nSPS) is 17.6. The van der Waals surface area contributed by atoms with Gasteiger partial charge < -0.3 is 15.4 Å². The number of fused-ring (bicyclic) bond motifs is 2. The standard InChI is InChI=1S/C12H12N2O/c13-10-4-3-9-7-14-5-1-2-11(14)8-15-12(9)6-10/h1-4,6,8H,5,7,13H2. The maximum atomic E-state index is 5.72. The SMILES string of the molecule is Nc1ccc2c(c1)OC=C1C=CCN1C2. The summed E-state index contributed by atoms with van der Waals surface area (Å²) in [6, 6.07) is 5.81. The third kappa shape index (κ3) is 1.36. The quantitative estimate of drug-likeness (QED) is 0.650. The van der Waals surface area contributed by atoms with E-state index in [0.29, 0.717) is 0 Å². The first-order valence-corrected chi connectivity index (χ1v) is 5.00. The zero-order valence-corrected chi connectivity index (χ0v) is 8.31. The van der Waals surface area contributed by atoms with E-state index in [-0.39, 0.29) is 0 Å². The van der Waals surface area contributed by atoms with Gasteiger partial charge in [0.15, 0.2) is 0 Å². The summed E-state index contributed by atoms with van der Waals surface area (Å²) in [4.78, 5) is 2.27. The molecule has 0 saturated heterocycles. The van der Waals surface area contributed by atoms with Crippen LogP contribution >= 0.6 is 0 Å². The van der Waals surface area contributed by atoms with Crippen LogP contribution < -0.4 is 10.5 Å². The molecule has 0 aromatic heterocycles. The van der Waals surface area contributed by atoms with Crippen molar-refractivity contribution in [3.05, 3.63) is 47.9 Å². The van der Waals surface area contributed by atoms with Crippen LogP contribution in [-0.4, -0.2) is 11.4 Å². The minimum atomic E-state index is 0.741. The molecule has 0 saturated carbocycles. The van der Waals surface area contributed by atoms with Crippen LogP contribution in [0.15, 0.2) is 42.3 Å². The summed E-state index contributed by atoms with van der Waals surface area (Å²) in [6.45, 7) is 1.84. The van der Waals surface area contributed by atoms with E-state index in [0.717, 1.165) is 30.2 Å². The Bertz CT molecular complexity index is 463. The number of benzene rings is 1. The highest BCUT2D eigenvalue weighted by molar-refractivity contribution is 5.49. The van der Waals surface area contributed by atoms with E-state index >= 15 is 0 Å². The zero-order chi connectivity index (χ0) is 10.3. The Morgan fingerprint density at radius 1 is 1.33 bits per heavy atom.